The number of anilines is 3. The van der Waals surface area contributed by atoms with Gasteiger partial charge in [0.25, 0.3) is 11.8 Å². The third kappa shape index (κ3) is 6.37. The van der Waals surface area contributed by atoms with Crippen LogP contribution in [0, 0.1) is 0 Å². The van der Waals surface area contributed by atoms with Crippen LogP contribution in [0.1, 0.15) is 27.1 Å². The number of likely N-dealkylation sites (N-methyl/N-ethyl adjacent to an activating group) is 1. The molecule has 4 rings (SSSR count). The van der Waals surface area contributed by atoms with Gasteiger partial charge in [0.15, 0.2) is 0 Å². The number of carbonyl (C=O) groups is 2. The Kier molecular flexibility index (Phi) is 7.80. The van der Waals surface area contributed by atoms with Crippen LogP contribution in [0.4, 0.5) is 25.8 Å². The van der Waals surface area contributed by atoms with Crippen molar-refractivity contribution in [2.75, 3.05) is 42.7 Å². The van der Waals surface area contributed by atoms with Gasteiger partial charge in [-0.25, -0.2) is 0 Å². The molecule has 2 amide bonds. The van der Waals surface area contributed by atoms with E-state index in [1.165, 1.54) is 24.3 Å². The molecule has 0 aromatic heterocycles. The summed E-state index contributed by atoms with van der Waals surface area (Å²) in [6.45, 7) is -0.982. The van der Waals surface area contributed by atoms with Gasteiger partial charge in [-0.1, -0.05) is 6.07 Å². The zero-order chi connectivity index (χ0) is 25.7. The van der Waals surface area contributed by atoms with E-state index in [1.807, 2.05) is 24.3 Å². The van der Waals surface area contributed by atoms with Crippen LogP contribution >= 0.6 is 0 Å². The minimum absolute atomic E-state index is 0.101. The van der Waals surface area contributed by atoms with Crippen molar-refractivity contribution < 1.29 is 23.1 Å². The Morgan fingerprint density at radius 3 is 2.11 bits per heavy atom. The van der Waals surface area contributed by atoms with Crippen LogP contribution in [0.15, 0.2) is 72.8 Å². The minimum Gasteiger partial charge on any atom is -0.435 e. The van der Waals surface area contributed by atoms with E-state index in [0.717, 1.165) is 25.2 Å². The van der Waals surface area contributed by atoms with Gasteiger partial charge < -0.3 is 25.2 Å². The molecule has 1 aliphatic rings. The highest BCUT2D eigenvalue weighted by Gasteiger charge is 2.24. The molecule has 1 unspecified atom stereocenters. The fraction of sp³-hybridized carbons (Fsp3) is 0.259. The number of carbonyl (C=O) groups excluding carboxylic acids is 2. The number of ether oxygens (including phenoxy) is 1. The molecule has 36 heavy (non-hydrogen) atoms. The Labute approximate surface area is 208 Å². The second-order valence-corrected chi connectivity index (χ2v) is 8.79. The number of hydrogen-bond donors (Lipinski definition) is 2. The van der Waals surface area contributed by atoms with Gasteiger partial charge in [-0.15, -0.1) is 0 Å². The third-order valence-electron chi connectivity index (χ3n) is 6.11. The molecular formula is C27H28F2N4O3. The van der Waals surface area contributed by atoms with Gasteiger partial charge >= 0.3 is 6.61 Å². The molecule has 1 saturated heterocycles. The molecule has 0 saturated carbocycles. The molecule has 1 fully saturated rings. The molecule has 3 aromatic carbocycles. The van der Waals surface area contributed by atoms with Gasteiger partial charge in [0.1, 0.15) is 5.75 Å². The monoisotopic (exact) mass is 494 g/mol. The number of halogens is 2. The molecule has 3 aromatic rings. The quantitative estimate of drug-likeness (QED) is 0.465. The average Bonchev–Trinajstić information content (AvgIpc) is 3.35. The Morgan fingerprint density at radius 1 is 0.917 bits per heavy atom. The van der Waals surface area contributed by atoms with Crippen molar-refractivity contribution >= 4 is 28.9 Å². The first-order valence-electron chi connectivity index (χ1n) is 11.6. The number of nitrogens with zero attached hydrogens (tertiary/aromatic N) is 2. The molecule has 0 bridgehead atoms. The van der Waals surface area contributed by atoms with E-state index in [2.05, 4.69) is 39.3 Å². The summed E-state index contributed by atoms with van der Waals surface area (Å²) in [5, 5.41) is 5.56. The van der Waals surface area contributed by atoms with Crippen molar-refractivity contribution in [2.24, 2.45) is 0 Å². The highest BCUT2D eigenvalue weighted by molar-refractivity contribution is 6.06. The maximum Gasteiger partial charge on any atom is 0.387 e. The normalized spacial score (nSPS) is 15.3. The second kappa shape index (κ2) is 11.2. The fourth-order valence-electron chi connectivity index (χ4n) is 4.08. The van der Waals surface area contributed by atoms with Gasteiger partial charge in [-0.3, -0.25) is 9.59 Å². The van der Waals surface area contributed by atoms with E-state index in [9.17, 15) is 18.4 Å². The zero-order valence-electron chi connectivity index (χ0n) is 20.1. The lowest BCUT2D eigenvalue weighted by atomic mass is 10.1. The summed E-state index contributed by atoms with van der Waals surface area (Å²) in [7, 11) is 4.20. The largest absolute Gasteiger partial charge is 0.435 e. The van der Waals surface area contributed by atoms with Crippen LogP contribution in [-0.2, 0) is 0 Å². The predicted octanol–water partition coefficient (Wildman–Crippen LogP) is 4.93. The van der Waals surface area contributed by atoms with E-state index in [1.54, 1.807) is 24.3 Å². The molecule has 1 heterocycles. The summed E-state index contributed by atoms with van der Waals surface area (Å²) < 4.78 is 29.1. The van der Waals surface area contributed by atoms with E-state index >= 15 is 0 Å². The average molecular weight is 495 g/mol. The molecule has 188 valence electrons. The van der Waals surface area contributed by atoms with E-state index < -0.39 is 12.5 Å². The number of alkyl halides is 2. The van der Waals surface area contributed by atoms with Crippen molar-refractivity contribution in [3.05, 3.63) is 83.9 Å². The van der Waals surface area contributed by atoms with E-state index in [0.29, 0.717) is 23.0 Å². The second-order valence-electron chi connectivity index (χ2n) is 8.79. The van der Waals surface area contributed by atoms with Gasteiger partial charge in [0.05, 0.1) is 0 Å². The van der Waals surface area contributed by atoms with Crippen molar-refractivity contribution in [2.45, 2.75) is 19.1 Å². The van der Waals surface area contributed by atoms with E-state index in [4.69, 9.17) is 0 Å². The number of nitrogens with one attached hydrogen (secondary N) is 2. The zero-order valence-corrected chi connectivity index (χ0v) is 20.1. The Bertz CT molecular complexity index is 1200. The van der Waals surface area contributed by atoms with Crippen LogP contribution in [0.5, 0.6) is 5.75 Å². The van der Waals surface area contributed by atoms with Crippen LogP contribution < -0.4 is 20.3 Å². The Balaban J connectivity index is 1.32. The molecular weight excluding hydrogens is 466 g/mol. The van der Waals surface area contributed by atoms with Gasteiger partial charge in [0.2, 0.25) is 0 Å². The minimum atomic E-state index is -2.97. The third-order valence-corrected chi connectivity index (χ3v) is 6.11. The summed E-state index contributed by atoms with van der Waals surface area (Å²) in [4.78, 5) is 29.7. The van der Waals surface area contributed by atoms with Crippen LogP contribution in [-0.4, -0.2) is 56.6 Å². The topological polar surface area (TPSA) is 73.9 Å². The number of benzene rings is 3. The highest BCUT2D eigenvalue weighted by Crippen LogP contribution is 2.24. The number of rotatable bonds is 8. The fourth-order valence-corrected chi connectivity index (χ4v) is 4.08. The lowest BCUT2D eigenvalue weighted by Crippen LogP contribution is -2.31. The predicted molar refractivity (Wildman–Crippen MR) is 136 cm³/mol. The molecule has 0 aliphatic carbocycles. The molecule has 9 heteroatoms. The van der Waals surface area contributed by atoms with Crippen molar-refractivity contribution in [1.82, 2.24) is 4.90 Å². The maximum absolute atomic E-state index is 12.7. The van der Waals surface area contributed by atoms with Gasteiger partial charge in [0, 0.05) is 47.3 Å². The SMILES string of the molecule is CN(C)C1CCN(c2ccc(NC(=O)c3ccc(NC(=O)c4cccc(OC(F)F)c4)cc3)cc2)C1. The lowest BCUT2D eigenvalue weighted by molar-refractivity contribution is -0.0498. The first kappa shape index (κ1) is 25.1. The molecule has 1 atom stereocenters. The number of amides is 2. The van der Waals surface area contributed by atoms with Crippen molar-refractivity contribution in [3.8, 4) is 5.75 Å². The summed E-state index contributed by atoms with van der Waals surface area (Å²) >= 11 is 0. The Hall–Kier alpha value is -3.98. The first-order valence-corrected chi connectivity index (χ1v) is 11.6. The standard InChI is InChI=1S/C27H28F2N4O3/c1-32(2)23-14-15-33(17-23)22-12-10-21(11-13-22)30-25(34)18-6-8-20(9-7-18)31-26(35)19-4-3-5-24(16-19)36-27(28)29/h3-13,16,23,27H,14-15,17H2,1-2H3,(H,30,34)(H,31,35). The number of hydrogen-bond acceptors (Lipinski definition) is 5. The molecule has 1 aliphatic heterocycles. The van der Waals surface area contributed by atoms with E-state index in [-0.39, 0.29) is 17.2 Å². The summed E-state index contributed by atoms with van der Waals surface area (Å²) in [5.41, 5.74) is 2.88. The summed E-state index contributed by atoms with van der Waals surface area (Å²) in [6.07, 6.45) is 1.13. The van der Waals surface area contributed by atoms with Crippen LogP contribution in [0.25, 0.3) is 0 Å². The highest BCUT2D eigenvalue weighted by atomic mass is 19.3. The van der Waals surface area contributed by atoms with Crippen molar-refractivity contribution in [3.63, 3.8) is 0 Å². The van der Waals surface area contributed by atoms with Gasteiger partial charge in [-0.2, -0.15) is 8.78 Å². The summed E-state index contributed by atoms with van der Waals surface area (Å²) in [6, 6.07) is 20.3. The summed E-state index contributed by atoms with van der Waals surface area (Å²) in [5.74, 6) is -0.857. The lowest BCUT2D eigenvalue weighted by Gasteiger charge is -2.22. The van der Waals surface area contributed by atoms with Gasteiger partial charge in [-0.05, 0) is 87.2 Å². The maximum atomic E-state index is 12.7. The molecule has 7 nitrogen and oxygen atoms in total. The Morgan fingerprint density at radius 2 is 1.53 bits per heavy atom. The first-order chi connectivity index (χ1) is 17.3. The van der Waals surface area contributed by atoms with Crippen molar-refractivity contribution in [1.29, 1.82) is 0 Å². The smallest absolute Gasteiger partial charge is 0.387 e. The molecule has 2 N–H and O–H groups in total. The molecule has 0 radical (unpaired) electrons. The van der Waals surface area contributed by atoms with Crippen LogP contribution in [0.2, 0.25) is 0 Å². The molecule has 0 spiro atoms. The van der Waals surface area contributed by atoms with Crippen LogP contribution in [0.3, 0.4) is 0 Å².